The first-order valence-corrected chi connectivity index (χ1v) is 6.04. The lowest BCUT2D eigenvalue weighted by Gasteiger charge is -2.15. The zero-order chi connectivity index (χ0) is 14.6. The minimum absolute atomic E-state index is 0.0341. The molecule has 0 aliphatic rings. The normalized spacial score (nSPS) is 11.3. The molecule has 0 fully saturated rings. The van der Waals surface area contributed by atoms with Gasteiger partial charge in [0.1, 0.15) is 17.9 Å². The van der Waals surface area contributed by atoms with Crippen molar-refractivity contribution in [2.45, 2.75) is 20.0 Å². The van der Waals surface area contributed by atoms with Gasteiger partial charge in [-0.05, 0) is 29.5 Å². The van der Waals surface area contributed by atoms with E-state index in [2.05, 4.69) is 14.5 Å². The smallest absolute Gasteiger partial charge is 0.462 e. The Balaban J connectivity index is 3.36. The van der Waals surface area contributed by atoms with Crippen LogP contribution in [-0.2, 0) is 11.4 Å². The van der Waals surface area contributed by atoms with Gasteiger partial charge in [0.15, 0.2) is 5.75 Å². The molecule has 0 aliphatic heterocycles. The third-order valence-corrected chi connectivity index (χ3v) is 2.70. The van der Waals surface area contributed by atoms with Crippen molar-refractivity contribution in [2.24, 2.45) is 0 Å². The molecule has 9 heteroatoms. The molecule has 4 nitrogen and oxygen atoms in total. The minimum atomic E-state index is -5.06. The highest BCUT2D eigenvalue weighted by molar-refractivity contribution is 14.1. The highest BCUT2D eigenvalue weighted by Gasteiger charge is 2.36. The van der Waals surface area contributed by atoms with Crippen LogP contribution in [0.1, 0.15) is 23.0 Å². The second kappa shape index (κ2) is 6.35. The summed E-state index contributed by atoms with van der Waals surface area (Å²) in [5, 5.41) is 0. The lowest BCUT2D eigenvalue weighted by Crippen LogP contribution is -2.22. The quantitative estimate of drug-likeness (QED) is 0.448. The van der Waals surface area contributed by atoms with Crippen LogP contribution in [0, 0.1) is 3.57 Å². The Morgan fingerprint density at radius 3 is 2.58 bits per heavy atom. The second-order valence-electron chi connectivity index (χ2n) is 3.16. The van der Waals surface area contributed by atoms with Crippen LogP contribution in [0.3, 0.4) is 0 Å². The van der Waals surface area contributed by atoms with Gasteiger partial charge in [0.25, 0.3) is 0 Å². The molecule has 1 heterocycles. The first-order chi connectivity index (χ1) is 8.80. The molecule has 0 bridgehead atoms. The summed E-state index contributed by atoms with van der Waals surface area (Å²) in [6, 6.07) is 0. The number of rotatable bonds is 4. The number of carbonyl (C=O) groups excluding carboxylic acids is 1. The van der Waals surface area contributed by atoms with Crippen molar-refractivity contribution in [1.82, 2.24) is 4.98 Å². The Kier molecular flexibility index (Phi) is 5.32. The van der Waals surface area contributed by atoms with Gasteiger partial charge in [-0.2, -0.15) is 0 Å². The van der Waals surface area contributed by atoms with Crippen molar-refractivity contribution >= 4 is 28.6 Å². The second-order valence-corrected chi connectivity index (χ2v) is 4.32. The van der Waals surface area contributed by atoms with Crippen molar-refractivity contribution in [2.75, 3.05) is 6.61 Å². The van der Waals surface area contributed by atoms with Gasteiger partial charge in [0.05, 0.1) is 6.61 Å². The van der Waals surface area contributed by atoms with Gasteiger partial charge < -0.3 is 9.47 Å². The van der Waals surface area contributed by atoms with Crippen LogP contribution in [0.25, 0.3) is 0 Å². The molecule has 0 saturated heterocycles. The van der Waals surface area contributed by atoms with E-state index in [0.29, 0.717) is 0 Å². The van der Waals surface area contributed by atoms with Crippen LogP contribution in [0.4, 0.5) is 17.6 Å². The van der Waals surface area contributed by atoms with Crippen LogP contribution >= 0.6 is 22.6 Å². The number of pyridine rings is 1. The molecule has 0 atom stereocenters. The average molecular weight is 393 g/mol. The fraction of sp³-hybridized carbons (Fsp3) is 0.400. The zero-order valence-corrected chi connectivity index (χ0v) is 11.7. The Hall–Kier alpha value is -1.13. The number of halogens is 5. The molecule has 0 radical (unpaired) electrons. The number of nitrogens with zero attached hydrogens (tertiary/aromatic N) is 1. The lowest BCUT2D eigenvalue weighted by molar-refractivity contribution is -0.275. The highest BCUT2D eigenvalue weighted by atomic mass is 127. The summed E-state index contributed by atoms with van der Waals surface area (Å²) < 4.78 is 57.9. The van der Waals surface area contributed by atoms with Crippen LogP contribution in [-0.4, -0.2) is 23.9 Å². The predicted molar refractivity (Wildman–Crippen MR) is 64.4 cm³/mol. The van der Waals surface area contributed by atoms with Gasteiger partial charge in [0, 0.05) is 9.77 Å². The van der Waals surface area contributed by atoms with Crippen LogP contribution in [0.5, 0.6) is 5.75 Å². The lowest BCUT2D eigenvalue weighted by atomic mass is 10.2. The molecule has 0 N–H and O–H groups in total. The standard InChI is InChI=1S/C10H8F4INO3/c1-2-18-9(17)7-5(15)4-16-6(3-11)8(7)19-10(12,13)14/h4H,2-3H2,1H3. The van der Waals surface area contributed by atoms with E-state index in [1.807, 2.05) is 0 Å². The molecular formula is C10H8F4INO3. The van der Waals surface area contributed by atoms with E-state index in [1.165, 1.54) is 6.92 Å². The van der Waals surface area contributed by atoms with Crippen molar-refractivity contribution in [3.8, 4) is 5.75 Å². The van der Waals surface area contributed by atoms with Gasteiger partial charge >= 0.3 is 12.3 Å². The van der Waals surface area contributed by atoms with Crippen molar-refractivity contribution < 1.29 is 31.8 Å². The number of aromatic nitrogens is 1. The van der Waals surface area contributed by atoms with E-state index in [4.69, 9.17) is 0 Å². The predicted octanol–water partition coefficient (Wildman–Crippen LogP) is 3.23. The van der Waals surface area contributed by atoms with Gasteiger partial charge in [-0.25, -0.2) is 9.18 Å². The Morgan fingerprint density at radius 1 is 1.47 bits per heavy atom. The molecule has 0 amide bonds. The van der Waals surface area contributed by atoms with Gasteiger partial charge in [-0.15, -0.1) is 13.2 Å². The van der Waals surface area contributed by atoms with Gasteiger partial charge in [-0.1, -0.05) is 0 Å². The van der Waals surface area contributed by atoms with E-state index < -0.39 is 36.0 Å². The van der Waals surface area contributed by atoms with Gasteiger partial charge in [0.2, 0.25) is 0 Å². The maximum atomic E-state index is 12.7. The van der Waals surface area contributed by atoms with E-state index in [0.717, 1.165) is 6.20 Å². The maximum Gasteiger partial charge on any atom is 0.573 e. The molecular weight excluding hydrogens is 385 g/mol. The fourth-order valence-corrected chi connectivity index (χ4v) is 1.83. The summed E-state index contributed by atoms with van der Waals surface area (Å²) in [5.74, 6) is -1.98. The van der Waals surface area contributed by atoms with E-state index >= 15 is 0 Å². The van der Waals surface area contributed by atoms with Gasteiger partial charge in [-0.3, -0.25) is 4.98 Å². The maximum absolute atomic E-state index is 12.7. The zero-order valence-electron chi connectivity index (χ0n) is 9.55. The number of carbonyl (C=O) groups is 1. The third-order valence-electron chi connectivity index (χ3n) is 1.89. The minimum Gasteiger partial charge on any atom is -0.462 e. The number of hydrogen-bond donors (Lipinski definition) is 0. The van der Waals surface area contributed by atoms with Crippen LogP contribution in [0.15, 0.2) is 6.20 Å². The molecule has 1 rings (SSSR count). The molecule has 0 unspecified atom stereocenters. The van der Waals surface area contributed by atoms with E-state index in [-0.39, 0.29) is 10.2 Å². The number of ether oxygens (including phenoxy) is 2. The Morgan fingerprint density at radius 2 is 2.11 bits per heavy atom. The Labute approximate surface area is 119 Å². The highest BCUT2D eigenvalue weighted by Crippen LogP contribution is 2.32. The van der Waals surface area contributed by atoms with Crippen molar-refractivity contribution in [3.63, 3.8) is 0 Å². The summed E-state index contributed by atoms with van der Waals surface area (Å²) in [7, 11) is 0. The SMILES string of the molecule is CCOC(=O)c1c(I)cnc(CF)c1OC(F)(F)F. The molecule has 0 aromatic carbocycles. The molecule has 1 aromatic rings. The molecule has 0 aliphatic carbocycles. The number of hydrogen-bond acceptors (Lipinski definition) is 4. The van der Waals surface area contributed by atoms with E-state index in [9.17, 15) is 22.4 Å². The largest absolute Gasteiger partial charge is 0.573 e. The first kappa shape index (κ1) is 15.9. The van der Waals surface area contributed by atoms with Crippen LogP contribution in [0.2, 0.25) is 0 Å². The fourth-order valence-electron chi connectivity index (χ4n) is 1.22. The summed E-state index contributed by atoms with van der Waals surface area (Å²) in [6.45, 7) is 0.161. The molecule has 0 saturated carbocycles. The van der Waals surface area contributed by atoms with Crippen LogP contribution < -0.4 is 4.74 Å². The first-order valence-electron chi connectivity index (χ1n) is 4.96. The summed E-state index contributed by atoms with van der Waals surface area (Å²) in [4.78, 5) is 15.1. The molecule has 0 spiro atoms. The number of esters is 1. The summed E-state index contributed by atoms with van der Waals surface area (Å²) in [5.41, 5.74) is -1.09. The number of alkyl halides is 4. The molecule has 19 heavy (non-hydrogen) atoms. The monoisotopic (exact) mass is 393 g/mol. The van der Waals surface area contributed by atoms with E-state index in [1.54, 1.807) is 22.6 Å². The third kappa shape index (κ3) is 4.18. The van der Waals surface area contributed by atoms with Crippen molar-refractivity contribution in [1.29, 1.82) is 0 Å². The van der Waals surface area contributed by atoms with Crippen molar-refractivity contribution in [3.05, 3.63) is 21.0 Å². The Bertz CT molecular complexity index is 479. The molecule has 106 valence electrons. The average Bonchev–Trinajstić information content (AvgIpc) is 2.27. The summed E-state index contributed by atoms with van der Waals surface area (Å²) in [6.07, 6.45) is -3.98. The topological polar surface area (TPSA) is 48.4 Å². The molecule has 1 aromatic heterocycles. The summed E-state index contributed by atoms with van der Waals surface area (Å²) >= 11 is 1.59.